The maximum absolute atomic E-state index is 11.7. The third-order valence-corrected chi connectivity index (χ3v) is 2.49. The summed E-state index contributed by atoms with van der Waals surface area (Å²) in [6, 6.07) is 8.98. The Kier molecular flexibility index (Phi) is 5.64. The summed E-state index contributed by atoms with van der Waals surface area (Å²) in [4.78, 5) is 15.7. The van der Waals surface area contributed by atoms with Crippen molar-refractivity contribution in [3.8, 4) is 0 Å². The van der Waals surface area contributed by atoms with Crippen LogP contribution >= 0.6 is 11.8 Å². The molecule has 0 aliphatic rings. The van der Waals surface area contributed by atoms with Crippen LogP contribution in [0.15, 0.2) is 35.3 Å². The predicted molar refractivity (Wildman–Crippen MR) is 68.0 cm³/mol. The van der Waals surface area contributed by atoms with Gasteiger partial charge in [-0.15, -0.1) is 0 Å². The Hall–Kier alpha value is -1.29. The molecule has 4 heteroatoms. The topological polar surface area (TPSA) is 38.7 Å². The van der Waals surface area contributed by atoms with E-state index in [1.54, 1.807) is 12.1 Å². The Bertz CT molecular complexity index is 355. The summed E-state index contributed by atoms with van der Waals surface area (Å²) in [6.45, 7) is 4.39. The summed E-state index contributed by atoms with van der Waals surface area (Å²) >= 11 is 1.43. The number of nitrogens with zero attached hydrogens (tertiary/aromatic N) is 1. The first-order valence-electron chi connectivity index (χ1n) is 5.21. The zero-order valence-electron chi connectivity index (χ0n) is 9.47. The van der Waals surface area contributed by atoms with Crippen molar-refractivity contribution in [2.24, 2.45) is 4.99 Å². The number of carbonyl (C=O) groups is 1. The first-order valence-corrected chi connectivity index (χ1v) is 6.20. The normalized spacial score (nSPS) is 11.2. The molecule has 0 saturated heterocycles. The van der Waals surface area contributed by atoms with E-state index in [2.05, 4.69) is 4.99 Å². The molecule has 0 saturated carbocycles. The van der Waals surface area contributed by atoms with E-state index in [0.29, 0.717) is 17.4 Å². The fraction of sp³-hybridized carbons (Fsp3) is 0.333. The molecule has 0 aromatic heterocycles. The SMILES string of the molecule is CCOC(=NC(=O)c1ccccc1)SCC. The fourth-order valence-electron chi connectivity index (χ4n) is 1.08. The molecule has 0 fully saturated rings. The van der Waals surface area contributed by atoms with Gasteiger partial charge in [0.15, 0.2) is 0 Å². The predicted octanol–water partition coefficient (Wildman–Crippen LogP) is 2.97. The van der Waals surface area contributed by atoms with Crippen molar-refractivity contribution < 1.29 is 9.53 Å². The largest absolute Gasteiger partial charge is 0.473 e. The van der Waals surface area contributed by atoms with Crippen LogP contribution < -0.4 is 0 Å². The van der Waals surface area contributed by atoms with E-state index >= 15 is 0 Å². The summed E-state index contributed by atoms with van der Waals surface area (Å²) in [6.07, 6.45) is 0. The second-order valence-electron chi connectivity index (χ2n) is 2.91. The Labute approximate surface area is 99.9 Å². The molecule has 0 aliphatic heterocycles. The molecular formula is C12H15NO2S. The second kappa shape index (κ2) is 7.06. The van der Waals surface area contributed by atoms with Gasteiger partial charge in [0, 0.05) is 5.56 Å². The molecule has 0 aliphatic carbocycles. The molecule has 1 aromatic carbocycles. The average molecular weight is 237 g/mol. The van der Waals surface area contributed by atoms with E-state index < -0.39 is 0 Å². The van der Waals surface area contributed by atoms with E-state index in [9.17, 15) is 4.79 Å². The van der Waals surface area contributed by atoms with Crippen LogP contribution in [0.4, 0.5) is 0 Å². The quantitative estimate of drug-likeness (QED) is 0.599. The van der Waals surface area contributed by atoms with E-state index in [1.165, 1.54) is 11.8 Å². The molecule has 1 rings (SSSR count). The minimum atomic E-state index is -0.259. The third kappa shape index (κ3) is 4.06. The molecular weight excluding hydrogens is 222 g/mol. The van der Waals surface area contributed by atoms with Crippen LogP contribution in [0, 0.1) is 0 Å². The van der Waals surface area contributed by atoms with Gasteiger partial charge < -0.3 is 4.74 Å². The summed E-state index contributed by atoms with van der Waals surface area (Å²) in [5, 5.41) is 0.443. The first kappa shape index (κ1) is 12.8. The Balaban J connectivity index is 2.76. The molecule has 0 unspecified atom stereocenters. The van der Waals surface area contributed by atoms with E-state index in [1.807, 2.05) is 32.0 Å². The molecule has 16 heavy (non-hydrogen) atoms. The molecule has 0 N–H and O–H groups in total. The van der Waals surface area contributed by atoms with E-state index in [-0.39, 0.29) is 5.91 Å². The van der Waals surface area contributed by atoms with Crippen molar-refractivity contribution in [3.05, 3.63) is 35.9 Å². The summed E-state index contributed by atoms with van der Waals surface area (Å²) < 4.78 is 5.27. The van der Waals surface area contributed by atoms with Gasteiger partial charge in [0.1, 0.15) is 0 Å². The molecule has 86 valence electrons. The van der Waals surface area contributed by atoms with E-state index in [4.69, 9.17) is 4.74 Å². The molecule has 1 amide bonds. The van der Waals surface area contributed by atoms with Gasteiger partial charge in [-0.25, -0.2) is 0 Å². The van der Waals surface area contributed by atoms with Crippen LogP contribution in [0.2, 0.25) is 0 Å². The Morgan fingerprint density at radius 1 is 1.31 bits per heavy atom. The van der Waals surface area contributed by atoms with Crippen molar-refractivity contribution in [1.82, 2.24) is 0 Å². The highest BCUT2D eigenvalue weighted by Gasteiger charge is 2.06. The molecule has 0 heterocycles. The van der Waals surface area contributed by atoms with E-state index in [0.717, 1.165) is 5.75 Å². The van der Waals surface area contributed by atoms with Crippen LogP contribution in [-0.2, 0) is 4.74 Å². The van der Waals surface area contributed by atoms with Crippen LogP contribution in [-0.4, -0.2) is 23.5 Å². The number of thioether (sulfide) groups is 1. The van der Waals surface area contributed by atoms with Crippen molar-refractivity contribution in [2.45, 2.75) is 13.8 Å². The summed E-state index contributed by atoms with van der Waals surface area (Å²) in [5.41, 5.74) is 0.580. The van der Waals surface area contributed by atoms with Crippen LogP contribution in [0.5, 0.6) is 0 Å². The van der Waals surface area contributed by atoms with Gasteiger partial charge in [-0.2, -0.15) is 4.99 Å². The number of hydrogen-bond donors (Lipinski definition) is 0. The van der Waals surface area contributed by atoms with Gasteiger partial charge in [-0.05, 0) is 24.8 Å². The highest BCUT2D eigenvalue weighted by atomic mass is 32.2. The lowest BCUT2D eigenvalue weighted by molar-refractivity contribution is 0.1000. The van der Waals surface area contributed by atoms with Crippen LogP contribution in [0.25, 0.3) is 0 Å². The molecule has 1 aromatic rings. The Morgan fingerprint density at radius 3 is 2.56 bits per heavy atom. The third-order valence-electron chi connectivity index (χ3n) is 1.75. The van der Waals surface area contributed by atoms with Crippen molar-refractivity contribution in [1.29, 1.82) is 0 Å². The Morgan fingerprint density at radius 2 is 2.00 bits per heavy atom. The zero-order chi connectivity index (χ0) is 11.8. The highest BCUT2D eigenvalue weighted by molar-refractivity contribution is 8.13. The number of rotatable bonds is 3. The van der Waals surface area contributed by atoms with Gasteiger partial charge in [0.05, 0.1) is 6.61 Å². The van der Waals surface area contributed by atoms with Gasteiger partial charge in [-0.3, -0.25) is 4.79 Å². The number of hydrogen-bond acceptors (Lipinski definition) is 3. The lowest BCUT2D eigenvalue weighted by Gasteiger charge is -2.04. The second-order valence-corrected chi connectivity index (χ2v) is 4.13. The molecule has 0 bridgehead atoms. The summed E-state index contributed by atoms with van der Waals surface area (Å²) in [5.74, 6) is 0.575. The molecule has 0 spiro atoms. The number of benzene rings is 1. The maximum Gasteiger partial charge on any atom is 0.280 e. The number of amides is 1. The van der Waals surface area contributed by atoms with Crippen LogP contribution in [0.3, 0.4) is 0 Å². The lowest BCUT2D eigenvalue weighted by Crippen LogP contribution is -2.05. The van der Waals surface area contributed by atoms with Crippen LogP contribution in [0.1, 0.15) is 24.2 Å². The van der Waals surface area contributed by atoms with Gasteiger partial charge in [-0.1, -0.05) is 36.9 Å². The van der Waals surface area contributed by atoms with Gasteiger partial charge >= 0.3 is 0 Å². The van der Waals surface area contributed by atoms with Crippen molar-refractivity contribution in [3.63, 3.8) is 0 Å². The smallest absolute Gasteiger partial charge is 0.280 e. The van der Waals surface area contributed by atoms with Crippen molar-refractivity contribution >= 4 is 22.9 Å². The lowest BCUT2D eigenvalue weighted by atomic mass is 10.2. The standard InChI is InChI=1S/C12H15NO2S/c1-3-15-12(16-4-2)13-11(14)10-8-6-5-7-9-10/h5-9H,3-4H2,1-2H3. The zero-order valence-corrected chi connectivity index (χ0v) is 10.3. The number of carbonyl (C=O) groups excluding carboxylic acids is 1. The minimum Gasteiger partial charge on any atom is -0.473 e. The molecule has 0 radical (unpaired) electrons. The fourth-order valence-corrected chi connectivity index (χ4v) is 1.68. The van der Waals surface area contributed by atoms with Crippen molar-refractivity contribution in [2.75, 3.05) is 12.4 Å². The number of ether oxygens (including phenoxy) is 1. The van der Waals surface area contributed by atoms with Gasteiger partial charge in [0.2, 0.25) is 0 Å². The minimum absolute atomic E-state index is 0.259. The highest BCUT2D eigenvalue weighted by Crippen LogP contribution is 2.08. The monoisotopic (exact) mass is 237 g/mol. The number of aliphatic imine (C=N–C) groups is 1. The first-order chi connectivity index (χ1) is 7.77. The average Bonchev–Trinajstić information content (AvgIpc) is 2.31. The summed E-state index contributed by atoms with van der Waals surface area (Å²) in [7, 11) is 0. The molecule has 3 nitrogen and oxygen atoms in total. The van der Waals surface area contributed by atoms with Gasteiger partial charge in [0.25, 0.3) is 11.1 Å². The maximum atomic E-state index is 11.7. The molecule has 0 atom stereocenters.